The highest BCUT2D eigenvalue weighted by Crippen LogP contribution is 2.33. The van der Waals surface area contributed by atoms with Crippen LogP contribution in [0.1, 0.15) is 38.1 Å². The van der Waals surface area contributed by atoms with Crippen molar-refractivity contribution in [2.24, 2.45) is 0 Å². The molecule has 1 amide bonds. The van der Waals surface area contributed by atoms with Gasteiger partial charge in [0.05, 0.1) is 6.54 Å². The second-order valence-corrected chi connectivity index (χ2v) is 10.0. The summed E-state index contributed by atoms with van der Waals surface area (Å²) in [5.41, 5.74) is 0.945. The van der Waals surface area contributed by atoms with E-state index in [0.717, 1.165) is 32.5 Å². The van der Waals surface area contributed by atoms with E-state index in [1.165, 1.54) is 18.2 Å². The Morgan fingerprint density at radius 2 is 1.55 bits per heavy atom. The summed E-state index contributed by atoms with van der Waals surface area (Å²) in [4.78, 5) is 62.3. The van der Waals surface area contributed by atoms with Crippen LogP contribution in [0.2, 0.25) is 0 Å². The number of benzene rings is 2. The molecule has 0 bridgehead atoms. The van der Waals surface area contributed by atoms with Crippen molar-refractivity contribution < 1.29 is 52.4 Å². The molecule has 47 heavy (non-hydrogen) atoms. The van der Waals surface area contributed by atoms with Gasteiger partial charge in [-0.1, -0.05) is 36.3 Å². The number of ether oxygens (including phenoxy) is 6. The van der Waals surface area contributed by atoms with Crippen molar-refractivity contribution >= 4 is 29.8 Å². The van der Waals surface area contributed by atoms with Gasteiger partial charge in [0, 0.05) is 38.8 Å². The number of amides is 1. The maximum absolute atomic E-state index is 12.8. The van der Waals surface area contributed by atoms with Gasteiger partial charge in [0.1, 0.15) is 18.4 Å². The van der Waals surface area contributed by atoms with Crippen LogP contribution in [0.3, 0.4) is 0 Å². The largest absolute Gasteiger partial charge is 0.463 e. The van der Waals surface area contributed by atoms with Crippen LogP contribution in [0.25, 0.3) is 17.1 Å². The van der Waals surface area contributed by atoms with E-state index < -0.39 is 67.1 Å². The van der Waals surface area contributed by atoms with Crippen molar-refractivity contribution in [1.82, 2.24) is 25.5 Å². The molecule has 16 heteroatoms. The van der Waals surface area contributed by atoms with E-state index in [4.69, 9.17) is 34.8 Å². The number of nitrogens with one attached hydrogen (secondary N) is 1. The quantitative estimate of drug-likeness (QED) is 0.176. The minimum absolute atomic E-state index is 0.0540. The van der Waals surface area contributed by atoms with Gasteiger partial charge >= 0.3 is 23.9 Å². The fourth-order valence-corrected chi connectivity index (χ4v) is 4.58. The molecule has 0 unspecified atom stereocenters. The Bertz CT molecular complexity index is 1670. The highest BCUT2D eigenvalue weighted by atomic mass is 16.7. The monoisotopic (exact) mass is 649 g/mol. The molecule has 2 aromatic carbocycles. The molecule has 246 valence electrons. The van der Waals surface area contributed by atoms with Gasteiger partial charge in [-0.2, -0.15) is 0 Å². The Hall–Kier alpha value is -5.82. The molecule has 1 aliphatic rings. The zero-order chi connectivity index (χ0) is 34.1. The number of hydrogen-bond acceptors (Lipinski definition) is 14. The third kappa shape index (κ3) is 8.89. The van der Waals surface area contributed by atoms with E-state index in [0.29, 0.717) is 5.56 Å². The van der Waals surface area contributed by atoms with Gasteiger partial charge in [-0.05, 0) is 23.4 Å². The van der Waals surface area contributed by atoms with Crippen molar-refractivity contribution in [2.45, 2.75) is 58.4 Å². The molecule has 1 aliphatic heterocycles. The van der Waals surface area contributed by atoms with E-state index in [1.54, 1.807) is 24.3 Å². The Kier molecular flexibility index (Phi) is 11.2. The van der Waals surface area contributed by atoms with E-state index in [9.17, 15) is 24.0 Å². The summed E-state index contributed by atoms with van der Waals surface area (Å²) in [6, 6.07) is 13.3. The lowest BCUT2D eigenvalue weighted by atomic mass is 9.98. The predicted molar refractivity (Wildman–Crippen MR) is 158 cm³/mol. The molecule has 4 rings (SSSR count). The van der Waals surface area contributed by atoms with Crippen LogP contribution < -0.4 is 10.1 Å². The van der Waals surface area contributed by atoms with Gasteiger partial charge < -0.3 is 33.7 Å². The van der Waals surface area contributed by atoms with E-state index >= 15 is 0 Å². The smallest absolute Gasteiger partial charge is 0.303 e. The second-order valence-electron chi connectivity index (χ2n) is 10.0. The minimum Gasteiger partial charge on any atom is -0.463 e. The number of terminal acetylenes is 1. The maximum atomic E-state index is 12.8. The highest BCUT2D eigenvalue weighted by Gasteiger charge is 2.53. The fraction of sp³-hybridized carbons (Fsp3) is 0.355. The van der Waals surface area contributed by atoms with E-state index in [1.807, 2.05) is 6.07 Å². The van der Waals surface area contributed by atoms with Crippen LogP contribution in [0.5, 0.6) is 5.75 Å². The number of rotatable bonds is 11. The molecule has 2 heterocycles. The summed E-state index contributed by atoms with van der Waals surface area (Å²) in [6.45, 7) is 3.93. The first-order valence-corrected chi connectivity index (χ1v) is 14.2. The average molecular weight is 650 g/mol. The molecule has 5 atom stereocenters. The number of hydrogen-bond donors (Lipinski definition) is 1. The second kappa shape index (κ2) is 15.5. The average Bonchev–Trinajstić information content (AvgIpc) is 3.52. The van der Waals surface area contributed by atoms with Crippen molar-refractivity contribution in [3.8, 4) is 35.2 Å². The lowest BCUT2D eigenvalue weighted by molar-refractivity contribution is -0.288. The summed E-state index contributed by atoms with van der Waals surface area (Å²) in [5.74, 6) is -1.13. The molecule has 0 spiro atoms. The number of aromatic nitrogens is 4. The first-order valence-electron chi connectivity index (χ1n) is 14.2. The van der Waals surface area contributed by atoms with Gasteiger partial charge in [-0.15, -0.1) is 21.4 Å². The molecule has 1 aromatic heterocycles. The highest BCUT2D eigenvalue weighted by molar-refractivity contribution is 5.95. The standard InChI is InChI=1S/C31H31N5O11/c1-6-14-32-30(41)22-12-13-23(36-34-29(33-35-36)21-10-8-7-9-11-21)24(15-22)46-31-28(45-20(5)40)27(44-19(4)39)26(43-18(3)38)25(47-31)16-42-17(2)37/h1,7-13,15,25-28,31H,14,16H2,2-5H3,(H,32,41)/t25-,26-,27+,28-,31-/m1/s1. The van der Waals surface area contributed by atoms with Gasteiger partial charge in [-0.25, -0.2) is 0 Å². The molecule has 16 nitrogen and oxygen atoms in total. The molecular formula is C31H31N5O11. The molecule has 0 saturated carbocycles. The topological polar surface area (TPSA) is 196 Å². The molecule has 1 saturated heterocycles. The summed E-state index contributed by atoms with van der Waals surface area (Å²) < 4.78 is 33.8. The first kappa shape index (κ1) is 34.1. The molecular weight excluding hydrogens is 618 g/mol. The third-order valence-corrected chi connectivity index (χ3v) is 6.43. The zero-order valence-electron chi connectivity index (χ0n) is 25.8. The Balaban J connectivity index is 1.81. The van der Waals surface area contributed by atoms with Crippen molar-refractivity contribution in [2.75, 3.05) is 13.2 Å². The van der Waals surface area contributed by atoms with Crippen LogP contribution in [-0.2, 0) is 42.9 Å². The van der Waals surface area contributed by atoms with E-state index in [-0.39, 0.29) is 29.4 Å². The first-order chi connectivity index (χ1) is 22.5. The van der Waals surface area contributed by atoms with Crippen LogP contribution in [-0.4, -0.2) is 93.8 Å². The van der Waals surface area contributed by atoms with Gasteiger partial charge in [-0.3, -0.25) is 24.0 Å². The third-order valence-electron chi connectivity index (χ3n) is 6.43. The van der Waals surface area contributed by atoms with Gasteiger partial charge in [0.25, 0.3) is 5.91 Å². The van der Waals surface area contributed by atoms with Crippen molar-refractivity contribution in [3.05, 3.63) is 54.1 Å². The number of esters is 4. The molecule has 1 N–H and O–H groups in total. The Morgan fingerprint density at radius 1 is 0.894 bits per heavy atom. The van der Waals surface area contributed by atoms with Crippen LogP contribution >= 0.6 is 0 Å². The summed E-state index contributed by atoms with van der Waals surface area (Å²) in [5, 5.41) is 15.2. The SMILES string of the molecule is C#CCNC(=O)c1ccc(-n2nnc(-c3ccccc3)n2)c(O[C@@H]2O[C@H](COC(C)=O)[C@@H](OC(C)=O)[C@H](OC(C)=O)[C@H]2OC(C)=O)c1. The number of carbonyl (C=O) groups is 5. The molecule has 0 radical (unpaired) electrons. The van der Waals surface area contributed by atoms with E-state index in [2.05, 4.69) is 26.6 Å². The number of nitrogens with zero attached hydrogens (tertiary/aromatic N) is 4. The molecule has 3 aromatic rings. The zero-order valence-corrected chi connectivity index (χ0v) is 25.8. The normalized spacial score (nSPS) is 20.2. The van der Waals surface area contributed by atoms with Crippen LogP contribution in [0, 0.1) is 12.3 Å². The van der Waals surface area contributed by atoms with Crippen molar-refractivity contribution in [3.63, 3.8) is 0 Å². The fourth-order valence-electron chi connectivity index (χ4n) is 4.58. The maximum Gasteiger partial charge on any atom is 0.303 e. The summed E-state index contributed by atoms with van der Waals surface area (Å²) in [6.07, 6.45) is -2.01. The molecule has 0 aliphatic carbocycles. The van der Waals surface area contributed by atoms with Crippen molar-refractivity contribution in [1.29, 1.82) is 0 Å². The lowest BCUT2D eigenvalue weighted by Crippen LogP contribution is -2.63. The van der Waals surface area contributed by atoms with Crippen LogP contribution in [0.15, 0.2) is 48.5 Å². The minimum atomic E-state index is -1.60. The van der Waals surface area contributed by atoms with Gasteiger partial charge in [0.15, 0.2) is 18.0 Å². The lowest BCUT2D eigenvalue weighted by Gasteiger charge is -2.44. The predicted octanol–water partition coefficient (Wildman–Crippen LogP) is 1.15. The summed E-state index contributed by atoms with van der Waals surface area (Å²) in [7, 11) is 0. The number of carbonyl (C=O) groups excluding carboxylic acids is 5. The molecule has 1 fully saturated rings. The number of tetrazole rings is 1. The Morgan fingerprint density at radius 3 is 2.19 bits per heavy atom. The van der Waals surface area contributed by atoms with Crippen LogP contribution in [0.4, 0.5) is 0 Å². The Labute approximate surface area is 268 Å². The summed E-state index contributed by atoms with van der Waals surface area (Å²) >= 11 is 0. The van der Waals surface area contributed by atoms with Gasteiger partial charge in [0.2, 0.25) is 18.2 Å².